The molecular weight excluding hydrogens is 454 g/mol. The topological polar surface area (TPSA) is 96.0 Å². The van der Waals surface area contributed by atoms with Crippen LogP contribution < -0.4 is 15.0 Å². The average Bonchev–Trinajstić information content (AvgIpc) is 3.52. The lowest BCUT2D eigenvalue weighted by atomic mass is 10.2. The monoisotopic (exact) mass is 483 g/mol. The minimum atomic E-state index is -3.71. The maximum absolute atomic E-state index is 13.1. The highest BCUT2D eigenvalue weighted by Gasteiger charge is 2.30. The van der Waals surface area contributed by atoms with Crippen molar-refractivity contribution in [2.24, 2.45) is 0 Å². The van der Waals surface area contributed by atoms with Crippen molar-refractivity contribution < 1.29 is 22.7 Å². The number of rotatable bonds is 8. The van der Waals surface area contributed by atoms with Crippen LogP contribution in [0, 0.1) is 0 Å². The lowest BCUT2D eigenvalue weighted by Crippen LogP contribution is -2.28. The Morgan fingerprint density at radius 3 is 2.44 bits per heavy atom. The molecule has 1 N–H and O–H groups in total. The fraction of sp³-hybridized carbons (Fsp3) is 0.360. The zero-order chi connectivity index (χ0) is 24.1. The van der Waals surface area contributed by atoms with Crippen LogP contribution >= 0.6 is 0 Å². The predicted molar refractivity (Wildman–Crippen MR) is 131 cm³/mol. The van der Waals surface area contributed by atoms with Crippen molar-refractivity contribution in [3.63, 3.8) is 0 Å². The quantitative estimate of drug-likeness (QED) is 0.578. The van der Waals surface area contributed by atoms with Crippen LogP contribution in [0.3, 0.4) is 0 Å². The van der Waals surface area contributed by atoms with Crippen molar-refractivity contribution in [1.82, 2.24) is 4.31 Å². The summed E-state index contributed by atoms with van der Waals surface area (Å²) in [5.41, 5.74) is 2.04. The molecule has 8 nitrogen and oxygen atoms in total. The van der Waals surface area contributed by atoms with Crippen LogP contribution in [0.4, 0.5) is 11.4 Å². The van der Waals surface area contributed by atoms with E-state index >= 15 is 0 Å². The van der Waals surface area contributed by atoms with Crippen molar-refractivity contribution in [2.75, 3.05) is 36.5 Å². The van der Waals surface area contributed by atoms with Crippen LogP contribution in [-0.4, -0.2) is 50.8 Å². The van der Waals surface area contributed by atoms with Crippen LogP contribution in [0.15, 0.2) is 53.4 Å². The standard InChI is InChI=1S/C25H29N3O5S/c1-2-33-22-13-10-20(18-23(22)34(31,32)27-15-3-4-16-27)26-24(29)14-9-19-7-11-21(12-8-19)28-17-5-6-25(28)30/h7-14,18H,2-6,15-17H2,1H3,(H,26,29)/b14-9+. The fourth-order valence-electron chi connectivity index (χ4n) is 4.17. The number of hydrogen-bond donors (Lipinski definition) is 1. The Bertz CT molecular complexity index is 1190. The van der Waals surface area contributed by atoms with Crippen molar-refractivity contribution in [3.8, 4) is 5.75 Å². The minimum absolute atomic E-state index is 0.0603. The largest absolute Gasteiger partial charge is 0.492 e. The van der Waals surface area contributed by atoms with Crippen LogP contribution in [0.25, 0.3) is 6.08 Å². The molecule has 180 valence electrons. The predicted octanol–water partition coefficient (Wildman–Crippen LogP) is 3.65. The summed E-state index contributed by atoms with van der Waals surface area (Å²) in [4.78, 5) is 26.2. The molecule has 9 heteroatoms. The smallest absolute Gasteiger partial charge is 0.248 e. The molecule has 34 heavy (non-hydrogen) atoms. The highest BCUT2D eigenvalue weighted by atomic mass is 32.2. The first-order chi connectivity index (χ1) is 16.4. The summed E-state index contributed by atoms with van der Waals surface area (Å²) in [6.07, 6.45) is 6.17. The molecule has 2 heterocycles. The van der Waals surface area contributed by atoms with E-state index in [0.717, 1.165) is 37.1 Å². The lowest BCUT2D eigenvalue weighted by molar-refractivity contribution is -0.117. The number of amides is 2. The molecule has 0 radical (unpaired) electrons. The first-order valence-electron chi connectivity index (χ1n) is 11.5. The molecule has 0 atom stereocenters. The van der Waals surface area contributed by atoms with Gasteiger partial charge in [-0.25, -0.2) is 8.42 Å². The van der Waals surface area contributed by atoms with Crippen LogP contribution in [-0.2, 0) is 19.6 Å². The summed E-state index contributed by atoms with van der Waals surface area (Å²) in [7, 11) is -3.71. The first kappa shape index (κ1) is 24.0. The number of carbonyl (C=O) groups excluding carboxylic acids is 2. The average molecular weight is 484 g/mol. The van der Waals surface area contributed by atoms with Gasteiger partial charge in [0.1, 0.15) is 10.6 Å². The van der Waals surface area contributed by atoms with Crippen molar-refractivity contribution in [3.05, 3.63) is 54.1 Å². The van der Waals surface area contributed by atoms with E-state index < -0.39 is 10.0 Å². The Morgan fingerprint density at radius 2 is 1.79 bits per heavy atom. The van der Waals surface area contributed by atoms with Gasteiger partial charge in [0.05, 0.1) is 6.61 Å². The molecule has 0 aromatic heterocycles. The van der Waals surface area contributed by atoms with E-state index in [2.05, 4.69) is 5.32 Å². The lowest BCUT2D eigenvalue weighted by Gasteiger charge is -2.19. The van der Waals surface area contributed by atoms with Crippen LogP contribution in [0.2, 0.25) is 0 Å². The van der Waals surface area contributed by atoms with Gasteiger partial charge in [-0.15, -0.1) is 0 Å². The molecule has 4 rings (SSSR count). The normalized spacial score (nSPS) is 17.0. The molecule has 2 fully saturated rings. The maximum atomic E-state index is 13.1. The van der Waals surface area contributed by atoms with E-state index in [9.17, 15) is 18.0 Å². The van der Waals surface area contributed by atoms with Crippen molar-refractivity contribution in [2.45, 2.75) is 37.5 Å². The van der Waals surface area contributed by atoms with E-state index in [1.54, 1.807) is 30.0 Å². The van der Waals surface area contributed by atoms with Gasteiger partial charge in [-0.1, -0.05) is 12.1 Å². The number of anilines is 2. The Hall–Kier alpha value is -3.17. The third kappa shape index (κ3) is 5.31. The molecule has 0 spiro atoms. The third-order valence-corrected chi connectivity index (χ3v) is 7.82. The molecule has 2 aromatic carbocycles. The van der Waals surface area contributed by atoms with E-state index in [1.165, 1.54) is 16.4 Å². The molecule has 2 saturated heterocycles. The number of benzene rings is 2. The molecule has 2 aromatic rings. The van der Waals surface area contributed by atoms with E-state index in [0.29, 0.717) is 31.8 Å². The second kappa shape index (κ2) is 10.4. The van der Waals surface area contributed by atoms with Crippen LogP contribution in [0.5, 0.6) is 5.75 Å². The van der Waals surface area contributed by atoms with Gasteiger partial charge in [0.25, 0.3) is 0 Å². The Balaban J connectivity index is 1.46. The molecular formula is C25H29N3O5S. The molecule has 0 bridgehead atoms. The molecule has 0 unspecified atom stereocenters. The third-order valence-electron chi connectivity index (χ3n) is 5.90. The summed E-state index contributed by atoms with van der Waals surface area (Å²) in [5, 5.41) is 2.73. The van der Waals surface area contributed by atoms with Gasteiger partial charge in [0.15, 0.2) is 0 Å². The molecule has 0 aliphatic carbocycles. The number of nitrogens with zero attached hydrogens (tertiary/aromatic N) is 2. The highest BCUT2D eigenvalue weighted by Crippen LogP contribution is 2.31. The maximum Gasteiger partial charge on any atom is 0.248 e. The molecule has 0 saturated carbocycles. The number of sulfonamides is 1. The number of carbonyl (C=O) groups is 2. The second-order valence-corrected chi connectivity index (χ2v) is 10.2. The summed E-state index contributed by atoms with van der Waals surface area (Å²) in [6, 6.07) is 12.1. The minimum Gasteiger partial charge on any atom is -0.492 e. The van der Waals surface area contributed by atoms with Gasteiger partial charge in [-0.2, -0.15) is 4.31 Å². The van der Waals surface area contributed by atoms with Crippen molar-refractivity contribution in [1.29, 1.82) is 0 Å². The first-order valence-corrected chi connectivity index (χ1v) is 13.0. The Morgan fingerprint density at radius 1 is 1.06 bits per heavy atom. The van der Waals surface area contributed by atoms with Crippen LogP contribution in [0.1, 0.15) is 38.2 Å². The summed E-state index contributed by atoms with van der Waals surface area (Å²) in [5.74, 6) is 0.0242. The van der Waals surface area contributed by atoms with E-state index in [-0.39, 0.29) is 22.5 Å². The summed E-state index contributed by atoms with van der Waals surface area (Å²) >= 11 is 0. The number of ether oxygens (including phenoxy) is 1. The Kier molecular flexibility index (Phi) is 7.33. The van der Waals surface area contributed by atoms with E-state index in [4.69, 9.17) is 4.74 Å². The van der Waals surface area contributed by atoms with Gasteiger partial charge in [0.2, 0.25) is 21.8 Å². The van der Waals surface area contributed by atoms with E-state index in [1.807, 2.05) is 24.3 Å². The molecule has 2 aliphatic rings. The fourth-order valence-corrected chi connectivity index (χ4v) is 5.85. The van der Waals surface area contributed by atoms with Gasteiger partial charge in [-0.05, 0) is 68.2 Å². The highest BCUT2D eigenvalue weighted by molar-refractivity contribution is 7.89. The van der Waals surface area contributed by atoms with Gasteiger partial charge in [0, 0.05) is 43.5 Å². The number of hydrogen-bond acceptors (Lipinski definition) is 5. The van der Waals surface area contributed by atoms with Gasteiger partial charge >= 0.3 is 0 Å². The number of nitrogens with one attached hydrogen (secondary N) is 1. The Labute approximate surface area is 200 Å². The van der Waals surface area contributed by atoms with Crippen molar-refractivity contribution >= 4 is 39.3 Å². The molecule has 2 aliphatic heterocycles. The second-order valence-electron chi connectivity index (χ2n) is 8.27. The van der Waals surface area contributed by atoms with Gasteiger partial charge < -0.3 is 15.0 Å². The SMILES string of the molecule is CCOc1ccc(NC(=O)/C=C/c2ccc(N3CCCC3=O)cc2)cc1S(=O)(=O)N1CCCC1. The zero-order valence-corrected chi connectivity index (χ0v) is 20.0. The van der Waals surface area contributed by atoms with Gasteiger partial charge in [-0.3, -0.25) is 9.59 Å². The molecule has 2 amide bonds. The zero-order valence-electron chi connectivity index (χ0n) is 19.2. The summed E-state index contributed by atoms with van der Waals surface area (Å²) in [6.45, 7) is 3.83. The summed E-state index contributed by atoms with van der Waals surface area (Å²) < 4.78 is 33.2.